The Bertz CT molecular complexity index is 1340. The van der Waals surface area contributed by atoms with Gasteiger partial charge in [-0.3, -0.25) is 4.72 Å². The van der Waals surface area contributed by atoms with Gasteiger partial charge < -0.3 is 10.1 Å². The molecule has 0 spiro atoms. The molecule has 0 aliphatic rings. The molecule has 0 amide bonds. The number of pyridine rings is 1. The smallest absolute Gasteiger partial charge is 0.229 e. The SMILES string of the molecule is COc1cc(NS(C)(=O)=O)ccc1Nc1c2ccccc2nc2ccc(C)cc12.Cl. The van der Waals surface area contributed by atoms with E-state index in [1.165, 1.54) is 0 Å². The minimum absolute atomic E-state index is 0. The zero-order valence-electron chi connectivity index (χ0n) is 16.8. The van der Waals surface area contributed by atoms with Crippen molar-refractivity contribution in [1.82, 2.24) is 4.98 Å². The third kappa shape index (κ3) is 4.42. The zero-order valence-corrected chi connectivity index (χ0v) is 18.4. The van der Waals surface area contributed by atoms with E-state index in [2.05, 4.69) is 16.1 Å². The second-order valence-electron chi connectivity index (χ2n) is 6.94. The molecule has 8 heteroatoms. The van der Waals surface area contributed by atoms with Crippen molar-refractivity contribution in [2.75, 3.05) is 23.4 Å². The predicted molar refractivity (Wildman–Crippen MR) is 126 cm³/mol. The second kappa shape index (κ2) is 8.38. The van der Waals surface area contributed by atoms with Crippen LogP contribution in [0.5, 0.6) is 5.75 Å². The highest BCUT2D eigenvalue weighted by Gasteiger charge is 2.13. The maximum absolute atomic E-state index is 11.5. The third-order valence-electron chi connectivity index (χ3n) is 4.60. The lowest BCUT2D eigenvalue weighted by Crippen LogP contribution is -2.09. The van der Waals surface area contributed by atoms with E-state index in [9.17, 15) is 8.42 Å². The van der Waals surface area contributed by atoms with Gasteiger partial charge in [0.1, 0.15) is 5.75 Å². The summed E-state index contributed by atoms with van der Waals surface area (Å²) in [5, 5.41) is 5.48. The van der Waals surface area contributed by atoms with Crippen molar-refractivity contribution in [3.8, 4) is 5.75 Å². The summed E-state index contributed by atoms with van der Waals surface area (Å²) in [6.45, 7) is 2.05. The normalized spacial score (nSPS) is 11.2. The molecule has 0 saturated carbocycles. The Hall–Kier alpha value is -3.03. The summed E-state index contributed by atoms with van der Waals surface area (Å²) in [5.41, 5.74) is 5.02. The molecule has 6 nitrogen and oxygen atoms in total. The Labute approximate surface area is 181 Å². The molecule has 156 valence electrons. The number of aryl methyl sites for hydroxylation is 1. The van der Waals surface area contributed by atoms with E-state index >= 15 is 0 Å². The second-order valence-corrected chi connectivity index (χ2v) is 8.69. The van der Waals surface area contributed by atoms with Gasteiger partial charge in [0.15, 0.2) is 0 Å². The summed E-state index contributed by atoms with van der Waals surface area (Å²) in [4.78, 5) is 4.77. The van der Waals surface area contributed by atoms with Gasteiger partial charge >= 0.3 is 0 Å². The fourth-order valence-electron chi connectivity index (χ4n) is 3.35. The number of nitrogens with one attached hydrogen (secondary N) is 2. The number of rotatable bonds is 5. The highest BCUT2D eigenvalue weighted by molar-refractivity contribution is 7.92. The van der Waals surface area contributed by atoms with E-state index in [4.69, 9.17) is 9.72 Å². The summed E-state index contributed by atoms with van der Waals surface area (Å²) in [5.74, 6) is 0.528. The Balaban J connectivity index is 0.00000256. The Kier molecular flexibility index (Phi) is 6.05. The molecule has 0 aliphatic heterocycles. The van der Waals surface area contributed by atoms with Gasteiger partial charge in [0.05, 0.1) is 41.5 Å². The third-order valence-corrected chi connectivity index (χ3v) is 5.21. The Morgan fingerprint density at radius 1 is 0.933 bits per heavy atom. The number of hydrogen-bond acceptors (Lipinski definition) is 5. The van der Waals surface area contributed by atoms with Crippen molar-refractivity contribution >= 4 is 61.3 Å². The van der Waals surface area contributed by atoms with Gasteiger partial charge in [-0.15, -0.1) is 12.4 Å². The average Bonchev–Trinajstić information content (AvgIpc) is 2.68. The van der Waals surface area contributed by atoms with Gasteiger partial charge in [-0.25, -0.2) is 13.4 Å². The lowest BCUT2D eigenvalue weighted by atomic mass is 10.1. The van der Waals surface area contributed by atoms with Crippen LogP contribution in [0.2, 0.25) is 0 Å². The number of anilines is 3. The molecule has 0 radical (unpaired) electrons. The van der Waals surface area contributed by atoms with Crippen molar-refractivity contribution in [2.24, 2.45) is 0 Å². The van der Waals surface area contributed by atoms with E-state index < -0.39 is 10.0 Å². The fraction of sp³-hybridized carbons (Fsp3) is 0.136. The van der Waals surface area contributed by atoms with Crippen LogP contribution in [-0.2, 0) is 10.0 Å². The molecule has 30 heavy (non-hydrogen) atoms. The molecule has 0 atom stereocenters. The van der Waals surface area contributed by atoms with Crippen LogP contribution in [0.25, 0.3) is 21.8 Å². The standard InChI is InChI=1S/C22H21N3O3S.ClH/c1-14-8-10-19-17(12-14)22(16-6-4-5-7-18(16)23-19)24-20-11-9-15(13-21(20)28-2)25-29(3,26)27;/h4-13,25H,1-3H3,(H,23,24);1H. The lowest BCUT2D eigenvalue weighted by molar-refractivity contribution is 0.417. The maximum atomic E-state index is 11.5. The van der Waals surface area contributed by atoms with Crippen molar-refractivity contribution in [3.05, 3.63) is 66.2 Å². The van der Waals surface area contributed by atoms with E-state index in [-0.39, 0.29) is 12.4 Å². The maximum Gasteiger partial charge on any atom is 0.229 e. The molecule has 0 saturated heterocycles. The molecular weight excluding hydrogens is 422 g/mol. The molecule has 1 aromatic heterocycles. The molecule has 4 rings (SSSR count). The van der Waals surface area contributed by atoms with E-state index in [0.29, 0.717) is 11.4 Å². The number of hydrogen-bond donors (Lipinski definition) is 2. The first-order valence-electron chi connectivity index (χ1n) is 9.06. The molecule has 0 aliphatic carbocycles. The molecule has 4 aromatic rings. The van der Waals surface area contributed by atoms with Crippen LogP contribution in [0, 0.1) is 6.92 Å². The van der Waals surface area contributed by atoms with E-state index in [1.54, 1.807) is 25.3 Å². The van der Waals surface area contributed by atoms with Crippen LogP contribution in [0.1, 0.15) is 5.56 Å². The van der Waals surface area contributed by atoms with Crippen LogP contribution < -0.4 is 14.8 Å². The summed E-state index contributed by atoms with van der Waals surface area (Å²) < 4.78 is 31.0. The molecule has 2 N–H and O–H groups in total. The van der Waals surface area contributed by atoms with Crippen LogP contribution in [0.4, 0.5) is 17.1 Å². The van der Waals surface area contributed by atoms with Crippen LogP contribution in [0.3, 0.4) is 0 Å². The molecule has 1 heterocycles. The van der Waals surface area contributed by atoms with Gasteiger partial charge in [-0.1, -0.05) is 29.8 Å². The van der Waals surface area contributed by atoms with Crippen LogP contribution in [0.15, 0.2) is 60.7 Å². The van der Waals surface area contributed by atoms with Gasteiger partial charge in [0.25, 0.3) is 0 Å². The highest BCUT2D eigenvalue weighted by Crippen LogP contribution is 2.37. The fourth-order valence-corrected chi connectivity index (χ4v) is 3.90. The van der Waals surface area contributed by atoms with Gasteiger partial charge in [0, 0.05) is 16.8 Å². The average molecular weight is 444 g/mol. The molecule has 3 aromatic carbocycles. The quantitative estimate of drug-likeness (QED) is 0.412. The zero-order chi connectivity index (χ0) is 20.6. The van der Waals surface area contributed by atoms with E-state index in [1.807, 2.05) is 43.3 Å². The lowest BCUT2D eigenvalue weighted by Gasteiger charge is -2.17. The number of para-hydroxylation sites is 1. The molecule has 0 fully saturated rings. The topological polar surface area (TPSA) is 80.3 Å². The largest absolute Gasteiger partial charge is 0.494 e. The summed E-state index contributed by atoms with van der Waals surface area (Å²) in [6.07, 6.45) is 1.11. The van der Waals surface area contributed by atoms with Crippen molar-refractivity contribution < 1.29 is 13.2 Å². The molecule has 0 unspecified atom stereocenters. The first kappa shape index (κ1) is 21.7. The number of benzene rings is 3. The van der Waals surface area contributed by atoms with Crippen LogP contribution >= 0.6 is 12.4 Å². The summed E-state index contributed by atoms with van der Waals surface area (Å²) in [7, 11) is -1.82. The summed E-state index contributed by atoms with van der Waals surface area (Å²) >= 11 is 0. The number of nitrogens with zero attached hydrogens (tertiary/aromatic N) is 1. The number of methoxy groups -OCH3 is 1. The van der Waals surface area contributed by atoms with Gasteiger partial charge in [-0.05, 0) is 37.3 Å². The highest BCUT2D eigenvalue weighted by atomic mass is 35.5. The molecular formula is C22H22ClN3O3S. The first-order valence-corrected chi connectivity index (χ1v) is 11.0. The van der Waals surface area contributed by atoms with Crippen molar-refractivity contribution in [2.45, 2.75) is 6.92 Å². The van der Waals surface area contributed by atoms with Gasteiger partial charge in [-0.2, -0.15) is 0 Å². The summed E-state index contributed by atoms with van der Waals surface area (Å²) in [6, 6.07) is 19.3. The Morgan fingerprint density at radius 2 is 1.67 bits per heavy atom. The Morgan fingerprint density at radius 3 is 2.40 bits per heavy atom. The number of aromatic nitrogens is 1. The van der Waals surface area contributed by atoms with Gasteiger partial charge in [0.2, 0.25) is 10.0 Å². The number of ether oxygens (including phenoxy) is 1. The van der Waals surface area contributed by atoms with Crippen LogP contribution in [-0.4, -0.2) is 26.8 Å². The van der Waals surface area contributed by atoms with E-state index in [0.717, 1.165) is 45.0 Å². The first-order chi connectivity index (χ1) is 13.8. The number of sulfonamides is 1. The minimum Gasteiger partial charge on any atom is -0.494 e. The van der Waals surface area contributed by atoms with Crippen molar-refractivity contribution in [3.63, 3.8) is 0 Å². The van der Waals surface area contributed by atoms with Crippen molar-refractivity contribution in [1.29, 1.82) is 0 Å². The minimum atomic E-state index is -3.37. The number of fused-ring (bicyclic) bond motifs is 2. The molecule has 0 bridgehead atoms. The predicted octanol–water partition coefficient (Wildman–Crippen LogP) is 5.24. The number of halogens is 1. The monoisotopic (exact) mass is 443 g/mol.